The molecule has 0 saturated carbocycles. The second-order valence-corrected chi connectivity index (χ2v) is 14.3. The van der Waals surface area contributed by atoms with E-state index >= 15 is 0 Å². The molecule has 266 valence electrons. The molecule has 0 spiro atoms. The Morgan fingerprint density at radius 2 is 0.895 bits per heavy atom. The molecule has 12 rings (SSSR count). The number of hydrogen-bond acceptors (Lipinski definition) is 5. The van der Waals surface area contributed by atoms with Crippen molar-refractivity contribution in [2.75, 3.05) is 0 Å². The largest absolute Gasteiger partial charge is 0.456 e. The molecule has 0 amide bonds. The molecule has 4 aromatic heterocycles. The number of benzene rings is 8. The first kappa shape index (κ1) is 31.5. The Balaban J connectivity index is 1.13. The summed E-state index contributed by atoms with van der Waals surface area (Å²) in [5.41, 5.74) is 11.4. The van der Waals surface area contributed by atoms with Crippen molar-refractivity contribution in [1.82, 2.24) is 19.5 Å². The molecule has 0 bridgehead atoms. The molecule has 4 heterocycles. The average molecular weight is 731 g/mol. The van der Waals surface area contributed by atoms with Gasteiger partial charge in [-0.15, -0.1) is 0 Å². The van der Waals surface area contributed by atoms with Crippen LogP contribution in [-0.2, 0) is 0 Å². The third kappa shape index (κ3) is 4.87. The highest BCUT2D eigenvalue weighted by molar-refractivity contribution is 6.18. The van der Waals surface area contributed by atoms with Crippen LogP contribution in [0.1, 0.15) is 0 Å². The normalized spacial score (nSPS) is 11.9. The van der Waals surface area contributed by atoms with E-state index in [0.29, 0.717) is 17.5 Å². The summed E-state index contributed by atoms with van der Waals surface area (Å²) in [7, 11) is 0. The van der Waals surface area contributed by atoms with Crippen molar-refractivity contribution >= 4 is 65.7 Å². The molecule has 6 nitrogen and oxygen atoms in total. The number of fused-ring (bicyclic) bond motifs is 9. The zero-order chi connectivity index (χ0) is 37.5. The minimum Gasteiger partial charge on any atom is -0.456 e. The van der Waals surface area contributed by atoms with Gasteiger partial charge in [-0.2, -0.15) is 0 Å². The molecule has 0 saturated heterocycles. The van der Waals surface area contributed by atoms with E-state index in [1.807, 2.05) is 60.7 Å². The van der Waals surface area contributed by atoms with Crippen LogP contribution in [0.3, 0.4) is 0 Å². The summed E-state index contributed by atoms with van der Waals surface area (Å²) in [5.74, 6) is 1.77. The van der Waals surface area contributed by atoms with Gasteiger partial charge in [0.2, 0.25) is 0 Å². The Kier molecular flexibility index (Phi) is 6.83. The minimum absolute atomic E-state index is 0.583. The summed E-state index contributed by atoms with van der Waals surface area (Å²) in [5, 5.41) is 6.45. The van der Waals surface area contributed by atoms with Gasteiger partial charge in [-0.3, -0.25) is 0 Å². The minimum atomic E-state index is 0.583. The van der Waals surface area contributed by atoms with Gasteiger partial charge < -0.3 is 13.4 Å². The standard InChI is InChI=1S/C51H30N4O2/c1-3-14-31(15-4-1)34-20-11-26-44-47(34)48-40(23-13-27-45(48)57-44)55-39-22-9-7-18-35(39)36-29-28-33(30-41(36)55)50-52-49(32-16-5-2-6-17-32)53-51(54-50)38-21-12-25-43-46(38)37-19-8-10-24-42(37)56-43/h1-30H. The van der Waals surface area contributed by atoms with Crippen LogP contribution < -0.4 is 0 Å². The lowest BCUT2D eigenvalue weighted by atomic mass is 9.99. The van der Waals surface area contributed by atoms with E-state index in [0.717, 1.165) is 99.2 Å². The van der Waals surface area contributed by atoms with Crippen molar-refractivity contribution in [3.63, 3.8) is 0 Å². The number of nitrogens with zero attached hydrogens (tertiary/aromatic N) is 4. The SMILES string of the molecule is c1ccc(-c2nc(-c3ccc4c5ccccc5n(-c5cccc6oc7cccc(-c8ccccc8)c7c56)c4c3)nc(-c3cccc4oc5ccccc5c34)n2)cc1. The van der Waals surface area contributed by atoms with Crippen molar-refractivity contribution < 1.29 is 8.83 Å². The van der Waals surface area contributed by atoms with Gasteiger partial charge in [0.05, 0.1) is 22.1 Å². The maximum atomic E-state index is 6.59. The van der Waals surface area contributed by atoms with Crippen LogP contribution in [0.5, 0.6) is 0 Å². The summed E-state index contributed by atoms with van der Waals surface area (Å²) in [6, 6.07) is 62.6. The number of aromatic nitrogens is 4. The first-order valence-electron chi connectivity index (χ1n) is 19.0. The van der Waals surface area contributed by atoms with Crippen LogP contribution in [0.2, 0.25) is 0 Å². The maximum Gasteiger partial charge on any atom is 0.164 e. The van der Waals surface area contributed by atoms with E-state index in [1.165, 1.54) is 0 Å². The Morgan fingerprint density at radius 1 is 0.333 bits per heavy atom. The van der Waals surface area contributed by atoms with Crippen molar-refractivity contribution in [3.05, 3.63) is 182 Å². The van der Waals surface area contributed by atoms with Gasteiger partial charge in [-0.1, -0.05) is 140 Å². The summed E-state index contributed by atoms with van der Waals surface area (Å²) in [4.78, 5) is 15.5. The Hall–Kier alpha value is -7.83. The molecule has 12 aromatic rings. The molecule has 0 atom stereocenters. The summed E-state index contributed by atoms with van der Waals surface area (Å²) in [6.45, 7) is 0. The lowest BCUT2D eigenvalue weighted by Crippen LogP contribution is -2.01. The lowest BCUT2D eigenvalue weighted by Gasteiger charge is -2.12. The molecular formula is C51H30N4O2. The van der Waals surface area contributed by atoms with Crippen molar-refractivity contribution in [2.45, 2.75) is 0 Å². The second-order valence-electron chi connectivity index (χ2n) is 14.3. The molecule has 0 fully saturated rings. The zero-order valence-electron chi connectivity index (χ0n) is 30.4. The molecule has 0 N–H and O–H groups in total. The fraction of sp³-hybridized carbons (Fsp3) is 0. The average Bonchev–Trinajstić information content (AvgIpc) is 3.96. The number of para-hydroxylation sites is 2. The Bertz CT molecular complexity index is 3530. The number of hydrogen-bond donors (Lipinski definition) is 0. The molecule has 0 aliphatic carbocycles. The Morgan fingerprint density at radius 3 is 1.70 bits per heavy atom. The van der Waals surface area contributed by atoms with Gasteiger partial charge >= 0.3 is 0 Å². The topological polar surface area (TPSA) is 69.9 Å². The third-order valence-electron chi connectivity index (χ3n) is 11.1. The quantitative estimate of drug-likeness (QED) is 0.176. The first-order chi connectivity index (χ1) is 28.3. The van der Waals surface area contributed by atoms with Crippen molar-refractivity contribution in [3.8, 4) is 51.0 Å². The van der Waals surface area contributed by atoms with E-state index in [1.54, 1.807) is 0 Å². The number of furan rings is 2. The molecule has 0 radical (unpaired) electrons. The van der Waals surface area contributed by atoms with E-state index in [2.05, 4.69) is 126 Å². The van der Waals surface area contributed by atoms with E-state index in [9.17, 15) is 0 Å². The summed E-state index contributed by atoms with van der Waals surface area (Å²) >= 11 is 0. The fourth-order valence-electron chi connectivity index (χ4n) is 8.56. The predicted octanol–water partition coefficient (Wildman–Crippen LogP) is 13.4. The van der Waals surface area contributed by atoms with Gasteiger partial charge in [0.1, 0.15) is 22.3 Å². The number of rotatable bonds is 5. The van der Waals surface area contributed by atoms with Crippen molar-refractivity contribution in [2.24, 2.45) is 0 Å². The van der Waals surface area contributed by atoms with Gasteiger partial charge in [-0.05, 0) is 53.6 Å². The van der Waals surface area contributed by atoms with Gasteiger partial charge in [-0.25, -0.2) is 15.0 Å². The highest BCUT2D eigenvalue weighted by Gasteiger charge is 2.22. The second kappa shape index (κ2) is 12.3. The molecule has 0 aliphatic heterocycles. The smallest absolute Gasteiger partial charge is 0.164 e. The highest BCUT2D eigenvalue weighted by atomic mass is 16.3. The van der Waals surface area contributed by atoms with Gasteiger partial charge in [0.15, 0.2) is 17.5 Å². The maximum absolute atomic E-state index is 6.59. The summed E-state index contributed by atoms with van der Waals surface area (Å²) in [6.07, 6.45) is 0. The fourth-order valence-corrected chi connectivity index (χ4v) is 8.56. The molecule has 0 unspecified atom stereocenters. The molecule has 57 heavy (non-hydrogen) atoms. The van der Waals surface area contributed by atoms with Crippen molar-refractivity contribution in [1.29, 1.82) is 0 Å². The predicted molar refractivity (Wildman–Crippen MR) is 230 cm³/mol. The molecule has 6 heteroatoms. The highest BCUT2D eigenvalue weighted by Crippen LogP contribution is 2.43. The van der Waals surface area contributed by atoms with Crippen LogP contribution in [0.15, 0.2) is 191 Å². The van der Waals surface area contributed by atoms with Crippen LogP contribution >= 0.6 is 0 Å². The lowest BCUT2D eigenvalue weighted by molar-refractivity contribution is 0.668. The van der Waals surface area contributed by atoms with Gasteiger partial charge in [0.25, 0.3) is 0 Å². The van der Waals surface area contributed by atoms with E-state index in [4.69, 9.17) is 23.8 Å². The van der Waals surface area contributed by atoms with Crippen LogP contribution in [0, 0.1) is 0 Å². The molecule has 8 aromatic carbocycles. The summed E-state index contributed by atoms with van der Waals surface area (Å²) < 4.78 is 15.2. The molecular weight excluding hydrogens is 701 g/mol. The van der Waals surface area contributed by atoms with E-state index in [-0.39, 0.29) is 0 Å². The van der Waals surface area contributed by atoms with Gasteiger partial charge in [0, 0.05) is 43.6 Å². The monoisotopic (exact) mass is 730 g/mol. The first-order valence-corrected chi connectivity index (χ1v) is 19.0. The third-order valence-corrected chi connectivity index (χ3v) is 11.1. The zero-order valence-corrected chi connectivity index (χ0v) is 30.4. The van der Waals surface area contributed by atoms with Crippen LogP contribution in [0.4, 0.5) is 0 Å². The van der Waals surface area contributed by atoms with Crippen LogP contribution in [-0.4, -0.2) is 19.5 Å². The Labute approximate surface area is 325 Å². The van der Waals surface area contributed by atoms with E-state index < -0.39 is 0 Å². The molecule has 0 aliphatic rings. The van der Waals surface area contributed by atoms with Crippen LogP contribution in [0.25, 0.3) is 117 Å².